The largest absolute Gasteiger partial charge is 0.339 e. The fourth-order valence-corrected chi connectivity index (χ4v) is 3.79. The summed E-state index contributed by atoms with van der Waals surface area (Å²) in [4.78, 5) is 14.2. The minimum Gasteiger partial charge on any atom is -0.339 e. The fraction of sp³-hybridized carbons (Fsp3) is 0.562. The van der Waals surface area contributed by atoms with Crippen molar-refractivity contribution in [2.24, 2.45) is 5.92 Å². The van der Waals surface area contributed by atoms with Gasteiger partial charge in [0.1, 0.15) is 5.82 Å². The molecule has 3 rings (SSSR count). The van der Waals surface area contributed by atoms with E-state index < -0.39 is 5.82 Å². The second kappa shape index (κ2) is 7.75. The van der Waals surface area contributed by atoms with Crippen LogP contribution in [0.15, 0.2) is 22.7 Å². The average molecular weight is 392 g/mol. The van der Waals surface area contributed by atoms with Crippen molar-refractivity contribution >= 4 is 34.2 Å². The molecule has 0 aromatic heterocycles. The summed E-state index contributed by atoms with van der Waals surface area (Å²) in [6.45, 7) is 2.59. The molecule has 122 valence electrons. The minimum absolute atomic E-state index is 0. The molecule has 2 fully saturated rings. The summed E-state index contributed by atoms with van der Waals surface area (Å²) in [5.41, 5.74) is 0.177. The highest BCUT2D eigenvalue weighted by atomic mass is 79.9. The van der Waals surface area contributed by atoms with Crippen molar-refractivity contribution in [1.29, 1.82) is 0 Å². The van der Waals surface area contributed by atoms with Crippen LogP contribution in [-0.2, 0) is 0 Å². The third kappa shape index (κ3) is 3.81. The summed E-state index contributed by atoms with van der Waals surface area (Å²) in [6.07, 6.45) is 4.54. The molecular formula is C16H21BrClFN2O. The van der Waals surface area contributed by atoms with E-state index in [4.69, 9.17) is 0 Å². The van der Waals surface area contributed by atoms with Gasteiger partial charge in [-0.25, -0.2) is 4.39 Å². The topological polar surface area (TPSA) is 32.3 Å². The molecular weight excluding hydrogens is 371 g/mol. The highest BCUT2D eigenvalue weighted by Gasteiger charge is 2.30. The number of nitrogens with one attached hydrogen (secondary N) is 1. The lowest BCUT2D eigenvalue weighted by Crippen LogP contribution is -2.43. The van der Waals surface area contributed by atoms with Crippen LogP contribution in [0.2, 0.25) is 0 Å². The number of carbonyl (C=O) groups excluding carboxylic acids is 1. The van der Waals surface area contributed by atoms with Crippen molar-refractivity contribution in [3.05, 3.63) is 34.1 Å². The second-order valence-electron chi connectivity index (χ2n) is 5.96. The number of amides is 1. The molecule has 3 nitrogen and oxygen atoms in total. The van der Waals surface area contributed by atoms with Crippen molar-refractivity contribution in [1.82, 2.24) is 10.2 Å². The Balaban J connectivity index is 0.00000176. The predicted octanol–water partition coefficient (Wildman–Crippen LogP) is 3.61. The number of rotatable bonds is 2. The van der Waals surface area contributed by atoms with E-state index in [0.717, 1.165) is 32.5 Å². The van der Waals surface area contributed by atoms with Gasteiger partial charge in [-0.1, -0.05) is 15.9 Å². The third-order valence-corrected chi connectivity index (χ3v) is 5.15. The van der Waals surface area contributed by atoms with E-state index in [2.05, 4.69) is 21.2 Å². The van der Waals surface area contributed by atoms with Gasteiger partial charge in [-0.05, 0) is 56.3 Å². The molecule has 2 heterocycles. The Morgan fingerprint density at radius 1 is 1.27 bits per heavy atom. The number of likely N-dealkylation sites (tertiary alicyclic amines) is 1. The Kier molecular flexibility index (Phi) is 6.24. The normalized spacial score (nSPS) is 22.5. The molecule has 1 atom stereocenters. The Labute approximate surface area is 145 Å². The summed E-state index contributed by atoms with van der Waals surface area (Å²) in [7, 11) is 0. The standard InChI is InChI=1S/C16H20BrFN2O.ClH/c17-12-3-4-13(14(18)10-12)16(21)20-8-5-11(6-9-20)15-2-1-7-19-15;/h3-4,10-11,15,19H,1-2,5-9H2;1H. The fourth-order valence-electron chi connectivity index (χ4n) is 3.45. The second-order valence-corrected chi connectivity index (χ2v) is 6.87. The Bertz CT molecular complexity index is 529. The quantitative estimate of drug-likeness (QED) is 0.835. The Hall–Kier alpha value is -0.650. The number of piperidine rings is 1. The lowest BCUT2D eigenvalue weighted by atomic mass is 9.88. The van der Waals surface area contributed by atoms with Gasteiger partial charge in [0.2, 0.25) is 0 Å². The first-order valence-electron chi connectivity index (χ1n) is 7.63. The van der Waals surface area contributed by atoms with Crippen LogP contribution >= 0.6 is 28.3 Å². The van der Waals surface area contributed by atoms with Gasteiger partial charge in [0.15, 0.2) is 0 Å². The highest BCUT2D eigenvalue weighted by molar-refractivity contribution is 9.10. The highest BCUT2D eigenvalue weighted by Crippen LogP contribution is 2.27. The maximum atomic E-state index is 13.9. The third-order valence-electron chi connectivity index (χ3n) is 4.66. The van der Waals surface area contributed by atoms with Crippen molar-refractivity contribution in [2.45, 2.75) is 31.7 Å². The summed E-state index contributed by atoms with van der Waals surface area (Å²) < 4.78 is 14.5. The van der Waals surface area contributed by atoms with Gasteiger partial charge in [0.05, 0.1) is 5.56 Å². The molecule has 1 aromatic rings. The number of nitrogens with zero attached hydrogens (tertiary/aromatic N) is 1. The molecule has 22 heavy (non-hydrogen) atoms. The summed E-state index contributed by atoms with van der Waals surface area (Å²) in [5.74, 6) is 0.0260. The average Bonchev–Trinajstić information content (AvgIpc) is 3.01. The van der Waals surface area contributed by atoms with Gasteiger partial charge < -0.3 is 10.2 Å². The summed E-state index contributed by atoms with van der Waals surface area (Å²) >= 11 is 3.22. The molecule has 1 N–H and O–H groups in total. The molecule has 0 aliphatic carbocycles. The molecule has 6 heteroatoms. The van der Waals surface area contributed by atoms with Crippen molar-refractivity contribution in [3.8, 4) is 0 Å². The van der Waals surface area contributed by atoms with E-state index >= 15 is 0 Å². The predicted molar refractivity (Wildman–Crippen MR) is 91.0 cm³/mol. The van der Waals surface area contributed by atoms with Crippen LogP contribution in [0.1, 0.15) is 36.0 Å². The molecule has 2 aliphatic heterocycles. The molecule has 2 saturated heterocycles. The van der Waals surface area contributed by atoms with Gasteiger partial charge >= 0.3 is 0 Å². The van der Waals surface area contributed by atoms with Gasteiger partial charge in [0, 0.05) is 23.6 Å². The van der Waals surface area contributed by atoms with Crippen LogP contribution in [0.4, 0.5) is 4.39 Å². The number of hydrogen-bond acceptors (Lipinski definition) is 2. The van der Waals surface area contributed by atoms with Gasteiger partial charge in [0.25, 0.3) is 5.91 Å². The number of benzene rings is 1. The Morgan fingerprint density at radius 3 is 2.59 bits per heavy atom. The van der Waals surface area contributed by atoms with Gasteiger partial charge in [-0.3, -0.25) is 4.79 Å². The van der Waals surface area contributed by atoms with Crippen LogP contribution < -0.4 is 5.32 Å². The van der Waals surface area contributed by atoms with Crippen LogP contribution in [0.25, 0.3) is 0 Å². The van der Waals surface area contributed by atoms with E-state index in [1.807, 2.05) is 0 Å². The van der Waals surface area contributed by atoms with Gasteiger partial charge in [-0.2, -0.15) is 0 Å². The molecule has 1 aromatic carbocycles. The van der Waals surface area contributed by atoms with Gasteiger partial charge in [-0.15, -0.1) is 12.4 Å². The first kappa shape index (κ1) is 17.7. The van der Waals surface area contributed by atoms with Crippen LogP contribution in [0.3, 0.4) is 0 Å². The first-order chi connectivity index (χ1) is 10.1. The van der Waals surface area contributed by atoms with Crippen LogP contribution in [-0.4, -0.2) is 36.5 Å². The zero-order chi connectivity index (χ0) is 14.8. The lowest BCUT2D eigenvalue weighted by Gasteiger charge is -2.35. The summed E-state index contributed by atoms with van der Waals surface area (Å²) in [5, 5.41) is 3.55. The smallest absolute Gasteiger partial charge is 0.256 e. The molecule has 1 amide bonds. The van der Waals surface area contributed by atoms with Crippen LogP contribution in [0.5, 0.6) is 0 Å². The molecule has 0 radical (unpaired) electrons. The van der Waals surface area contributed by atoms with E-state index in [-0.39, 0.29) is 23.9 Å². The number of halogens is 3. The molecule has 0 spiro atoms. The molecule has 1 unspecified atom stereocenters. The number of hydrogen-bond donors (Lipinski definition) is 1. The Morgan fingerprint density at radius 2 is 2.00 bits per heavy atom. The minimum atomic E-state index is -0.450. The van der Waals surface area contributed by atoms with E-state index in [1.165, 1.54) is 18.9 Å². The molecule has 0 saturated carbocycles. The number of carbonyl (C=O) groups is 1. The monoisotopic (exact) mass is 390 g/mol. The van der Waals surface area contributed by atoms with Crippen molar-refractivity contribution < 1.29 is 9.18 Å². The lowest BCUT2D eigenvalue weighted by molar-refractivity contribution is 0.0669. The zero-order valence-corrected chi connectivity index (χ0v) is 14.8. The maximum absolute atomic E-state index is 13.9. The van der Waals surface area contributed by atoms with Crippen LogP contribution in [0, 0.1) is 11.7 Å². The zero-order valence-electron chi connectivity index (χ0n) is 12.4. The van der Waals surface area contributed by atoms with Crippen molar-refractivity contribution in [2.75, 3.05) is 19.6 Å². The maximum Gasteiger partial charge on any atom is 0.256 e. The van der Waals surface area contributed by atoms with E-state index in [0.29, 0.717) is 16.4 Å². The molecule has 2 aliphatic rings. The molecule has 0 bridgehead atoms. The van der Waals surface area contributed by atoms with E-state index in [1.54, 1.807) is 17.0 Å². The van der Waals surface area contributed by atoms with E-state index in [9.17, 15) is 9.18 Å². The summed E-state index contributed by atoms with van der Waals surface area (Å²) in [6, 6.07) is 5.24. The van der Waals surface area contributed by atoms with Crippen molar-refractivity contribution in [3.63, 3.8) is 0 Å². The SMILES string of the molecule is Cl.O=C(c1ccc(Br)cc1F)N1CCC(C2CCCN2)CC1. The first-order valence-corrected chi connectivity index (χ1v) is 8.42.